The molecule has 0 unspecified atom stereocenters. The summed E-state index contributed by atoms with van der Waals surface area (Å²) >= 11 is 0. The van der Waals surface area contributed by atoms with Crippen LogP contribution in [-0.2, 0) is 4.79 Å². The highest BCUT2D eigenvalue weighted by Gasteiger charge is 1.65. The summed E-state index contributed by atoms with van der Waals surface area (Å²) in [6.45, 7) is 1.08. The van der Waals surface area contributed by atoms with Crippen LogP contribution in [0.4, 0.5) is 0 Å². The van der Waals surface area contributed by atoms with Gasteiger partial charge in [0.05, 0.1) is 0 Å². The summed E-state index contributed by atoms with van der Waals surface area (Å²) in [5, 5.41) is 14.4. The number of carboxylic acid groups (broad SMARTS) is 1. The molecule has 2 N–H and O–H groups in total. The molecule has 3 nitrogen and oxygen atoms in total. The predicted molar refractivity (Wildman–Crippen MR) is 24.7 cm³/mol. The first-order chi connectivity index (χ1) is 2.73. The van der Waals surface area contributed by atoms with Crippen LogP contribution in [0.25, 0.3) is 0 Å². The molecule has 0 saturated carbocycles. The molecule has 0 saturated heterocycles. The average Bonchev–Trinajstić information content (AvgIpc) is 1.41. The Balaban J connectivity index is -0.0000000480. The van der Waals surface area contributed by atoms with Crippen LogP contribution in [0.1, 0.15) is 6.92 Å². The van der Waals surface area contributed by atoms with E-state index in [-0.39, 0.29) is 7.43 Å². The number of hydrogen-bond acceptors (Lipinski definition) is 2. The van der Waals surface area contributed by atoms with E-state index in [0.717, 1.165) is 14.0 Å². The fourth-order valence-electron chi connectivity index (χ4n) is 0. The zero-order valence-corrected chi connectivity index (χ0v) is 4.30. The summed E-state index contributed by atoms with van der Waals surface area (Å²) in [7, 11) is 1.00. The van der Waals surface area contributed by atoms with E-state index in [1.54, 1.807) is 0 Å². The number of aliphatic hydroxyl groups is 1. The minimum Gasteiger partial charge on any atom is -0.481 e. The summed E-state index contributed by atoms with van der Waals surface area (Å²) in [4.78, 5) is 9.00. The Bertz CT molecular complexity index is 29.9. The minimum atomic E-state index is -0.833. The van der Waals surface area contributed by atoms with Gasteiger partial charge in [0.25, 0.3) is 5.97 Å². The summed E-state index contributed by atoms with van der Waals surface area (Å²) in [6, 6.07) is 0. The largest absolute Gasteiger partial charge is 0.481 e. The van der Waals surface area contributed by atoms with E-state index in [9.17, 15) is 0 Å². The van der Waals surface area contributed by atoms with Crippen LogP contribution in [0.5, 0.6) is 0 Å². The molecule has 0 aliphatic rings. The average molecular weight is 104 g/mol. The second-order valence-corrected chi connectivity index (χ2v) is 0.519. The molecule has 0 fully saturated rings. The molecule has 4 radical (unpaired) electrons. The number of rotatable bonds is 0. The number of hydrogen-bond donors (Lipinski definition) is 2. The molecule has 0 aromatic rings. The van der Waals surface area contributed by atoms with E-state index in [1.165, 1.54) is 0 Å². The van der Waals surface area contributed by atoms with Crippen molar-refractivity contribution in [3.8, 4) is 0 Å². The topological polar surface area (TPSA) is 57.5 Å². The van der Waals surface area contributed by atoms with Crippen LogP contribution in [-0.4, -0.2) is 23.3 Å². The van der Waals surface area contributed by atoms with Gasteiger partial charge < -0.3 is 10.2 Å². The number of carboxylic acids is 1. The quantitative estimate of drug-likeness (QED) is 0.446. The Kier molecular flexibility index (Phi) is 41.5. The molecule has 42 valence electrons. The third kappa shape index (κ3) is 197. The van der Waals surface area contributed by atoms with Crippen LogP contribution < -0.4 is 0 Å². The van der Waals surface area contributed by atoms with Crippen molar-refractivity contribution in [2.75, 3.05) is 7.11 Å². The number of aliphatic hydroxyl groups excluding tert-OH is 1. The fourth-order valence-corrected chi connectivity index (χ4v) is 0. The molecule has 0 aliphatic carbocycles. The van der Waals surface area contributed by atoms with Gasteiger partial charge in [0.2, 0.25) is 0 Å². The molecule has 0 aromatic heterocycles. The van der Waals surface area contributed by atoms with Gasteiger partial charge in [-0.15, -0.1) is 0 Å². The fraction of sp³-hybridized carbons (Fsp3) is 0.500. The Morgan fingerprint density at radius 3 is 1.43 bits per heavy atom. The molecule has 0 aliphatic heterocycles. The Hall–Kier alpha value is -0.570. The van der Waals surface area contributed by atoms with Crippen LogP contribution in [0.3, 0.4) is 0 Å². The van der Waals surface area contributed by atoms with E-state index < -0.39 is 5.97 Å². The molecule has 7 heavy (non-hydrogen) atoms. The lowest BCUT2D eigenvalue weighted by Gasteiger charge is -1.59. The van der Waals surface area contributed by atoms with Gasteiger partial charge in [-0.05, 0) is 0 Å². The summed E-state index contributed by atoms with van der Waals surface area (Å²) in [6.07, 6.45) is 0. The van der Waals surface area contributed by atoms with Gasteiger partial charge in [-0.3, -0.25) is 4.79 Å². The molecule has 0 spiro atoms. The summed E-state index contributed by atoms with van der Waals surface area (Å²) < 4.78 is 0. The van der Waals surface area contributed by atoms with Crippen molar-refractivity contribution in [1.82, 2.24) is 0 Å². The van der Waals surface area contributed by atoms with E-state index in [2.05, 4.69) is 0 Å². The van der Waals surface area contributed by atoms with E-state index >= 15 is 0 Å². The molecule has 0 amide bonds. The molecule has 0 bridgehead atoms. The van der Waals surface area contributed by atoms with Crippen LogP contribution in [0.15, 0.2) is 0 Å². The standard InChI is InChI=1S/C2H4O2.CH4O.C/c1-2(3)4;1-2;/h1H3,(H,3,4);2H,1H3;. The van der Waals surface area contributed by atoms with Gasteiger partial charge in [-0.1, -0.05) is 0 Å². The maximum absolute atomic E-state index is 9.00. The highest BCUT2D eigenvalue weighted by Crippen LogP contribution is 1.42. The molecule has 0 rings (SSSR count). The highest BCUT2D eigenvalue weighted by molar-refractivity contribution is 5.62. The lowest BCUT2D eigenvalue weighted by atomic mass is 10.9. The third-order valence-corrected chi connectivity index (χ3v) is 0. The van der Waals surface area contributed by atoms with Crippen LogP contribution >= 0.6 is 0 Å². The minimum absolute atomic E-state index is 0. The summed E-state index contributed by atoms with van der Waals surface area (Å²) in [5.74, 6) is -0.833. The van der Waals surface area contributed by atoms with Crippen molar-refractivity contribution in [3.05, 3.63) is 7.43 Å². The van der Waals surface area contributed by atoms with Gasteiger partial charge in [0, 0.05) is 21.5 Å². The SMILES string of the molecule is CC(=O)O.CO.[C]. The third-order valence-electron chi connectivity index (χ3n) is 0. The molecular formula is C4H8O3. The lowest BCUT2D eigenvalue weighted by molar-refractivity contribution is -0.134. The molecule has 0 heterocycles. The molecule has 0 atom stereocenters. The van der Waals surface area contributed by atoms with E-state index in [1.807, 2.05) is 0 Å². The van der Waals surface area contributed by atoms with Crippen molar-refractivity contribution in [2.45, 2.75) is 6.92 Å². The molecule has 3 heteroatoms. The first-order valence-corrected chi connectivity index (χ1v) is 1.37. The second-order valence-electron chi connectivity index (χ2n) is 0.519. The first kappa shape index (κ1) is 16.1. The monoisotopic (exact) mass is 104 g/mol. The van der Waals surface area contributed by atoms with Crippen molar-refractivity contribution in [1.29, 1.82) is 0 Å². The van der Waals surface area contributed by atoms with Gasteiger partial charge in [0.1, 0.15) is 0 Å². The lowest BCUT2D eigenvalue weighted by Crippen LogP contribution is -1.78. The maximum atomic E-state index is 9.00. The highest BCUT2D eigenvalue weighted by atomic mass is 16.4. The van der Waals surface area contributed by atoms with Gasteiger partial charge in [0.15, 0.2) is 0 Å². The normalized spacial score (nSPS) is 4.43. The van der Waals surface area contributed by atoms with Crippen molar-refractivity contribution < 1.29 is 15.0 Å². The van der Waals surface area contributed by atoms with Gasteiger partial charge in [-0.25, -0.2) is 0 Å². The van der Waals surface area contributed by atoms with Crippen LogP contribution in [0.2, 0.25) is 0 Å². The van der Waals surface area contributed by atoms with Gasteiger partial charge in [-0.2, -0.15) is 0 Å². The Morgan fingerprint density at radius 2 is 1.43 bits per heavy atom. The zero-order valence-electron chi connectivity index (χ0n) is 4.30. The molecule has 0 aromatic carbocycles. The second kappa shape index (κ2) is 18.0. The van der Waals surface area contributed by atoms with Crippen LogP contribution in [0, 0.1) is 7.43 Å². The van der Waals surface area contributed by atoms with E-state index in [0.29, 0.717) is 0 Å². The summed E-state index contributed by atoms with van der Waals surface area (Å²) in [5.41, 5.74) is 0. The van der Waals surface area contributed by atoms with Gasteiger partial charge >= 0.3 is 0 Å². The smallest absolute Gasteiger partial charge is 0.300 e. The van der Waals surface area contributed by atoms with Crippen molar-refractivity contribution in [2.24, 2.45) is 0 Å². The van der Waals surface area contributed by atoms with Crippen molar-refractivity contribution in [3.63, 3.8) is 0 Å². The number of carbonyl (C=O) groups is 1. The van der Waals surface area contributed by atoms with Crippen molar-refractivity contribution >= 4 is 5.97 Å². The van der Waals surface area contributed by atoms with E-state index in [4.69, 9.17) is 15.0 Å². The predicted octanol–water partition coefficient (Wildman–Crippen LogP) is -0.219. The number of aliphatic carboxylic acids is 1. The molecular weight excluding hydrogens is 96.0 g/mol. The Morgan fingerprint density at radius 1 is 1.43 bits per heavy atom. The zero-order chi connectivity index (χ0) is 5.58. The maximum Gasteiger partial charge on any atom is 0.300 e. The Labute approximate surface area is 43.6 Å². The first-order valence-electron chi connectivity index (χ1n) is 1.37.